The zero-order valence-electron chi connectivity index (χ0n) is 14.2. The van der Waals surface area contributed by atoms with Gasteiger partial charge < -0.3 is 10.6 Å². The Morgan fingerprint density at radius 2 is 1.68 bits per heavy atom. The number of para-hydroxylation sites is 2. The van der Waals surface area contributed by atoms with E-state index in [-0.39, 0.29) is 11.2 Å². The second kappa shape index (κ2) is 7.66. The fourth-order valence-corrected chi connectivity index (χ4v) is 2.85. The van der Waals surface area contributed by atoms with Crippen LogP contribution in [0.2, 0.25) is 0 Å². The fraction of sp³-hybridized carbons (Fsp3) is 0.632. The zero-order valence-corrected chi connectivity index (χ0v) is 14.2. The molecule has 1 aliphatic rings. The average molecular weight is 302 g/mol. The van der Waals surface area contributed by atoms with Gasteiger partial charge in [-0.2, -0.15) is 0 Å². The Morgan fingerprint density at radius 1 is 1.09 bits per heavy atom. The summed E-state index contributed by atoms with van der Waals surface area (Å²) in [5.74, 6) is 0.217. The molecule has 0 atom stereocenters. The van der Waals surface area contributed by atoms with Crippen LogP contribution in [0.15, 0.2) is 24.3 Å². The van der Waals surface area contributed by atoms with E-state index in [4.69, 9.17) is 0 Å². The van der Waals surface area contributed by atoms with E-state index in [9.17, 15) is 4.79 Å². The third-order valence-corrected chi connectivity index (χ3v) is 4.82. The predicted octanol–water partition coefficient (Wildman–Crippen LogP) is 4.85. The Labute approximate surface area is 134 Å². The molecule has 2 N–H and O–H groups in total. The van der Waals surface area contributed by atoms with E-state index < -0.39 is 0 Å². The lowest BCUT2D eigenvalue weighted by atomic mass is 9.89. The van der Waals surface area contributed by atoms with Gasteiger partial charge >= 0.3 is 0 Å². The normalized spacial score (nSPS) is 16.9. The van der Waals surface area contributed by atoms with E-state index >= 15 is 0 Å². The minimum atomic E-state index is -0.338. The van der Waals surface area contributed by atoms with Crippen molar-refractivity contribution in [3.63, 3.8) is 0 Å². The van der Waals surface area contributed by atoms with Gasteiger partial charge in [-0.05, 0) is 31.9 Å². The van der Waals surface area contributed by atoms with Crippen molar-refractivity contribution < 1.29 is 4.79 Å². The molecule has 3 nitrogen and oxygen atoms in total. The van der Waals surface area contributed by atoms with Gasteiger partial charge in [0, 0.05) is 18.0 Å². The van der Waals surface area contributed by atoms with Gasteiger partial charge in [-0.15, -0.1) is 0 Å². The highest BCUT2D eigenvalue weighted by atomic mass is 16.1. The number of benzene rings is 1. The van der Waals surface area contributed by atoms with Crippen LogP contribution in [0.4, 0.5) is 11.4 Å². The van der Waals surface area contributed by atoms with E-state index in [0.717, 1.165) is 11.4 Å². The van der Waals surface area contributed by atoms with Crippen LogP contribution in [0.3, 0.4) is 0 Å². The molecule has 0 aromatic heterocycles. The Kier molecular flexibility index (Phi) is 5.87. The summed E-state index contributed by atoms with van der Waals surface area (Å²) in [6.45, 7) is 6.30. The molecule has 0 spiro atoms. The number of rotatable bonds is 6. The lowest BCUT2D eigenvalue weighted by Crippen LogP contribution is -2.30. The summed E-state index contributed by atoms with van der Waals surface area (Å²) in [6.07, 6.45) is 7.89. The van der Waals surface area contributed by atoms with Crippen LogP contribution in [0.1, 0.15) is 59.3 Å². The van der Waals surface area contributed by atoms with Gasteiger partial charge in [0.1, 0.15) is 5.78 Å². The standard InChI is InChI=1S/C19H30N2O/c1-15(22)19(2,3)14-20-17-12-8-9-13-18(17)21-16-10-6-4-5-7-11-16/h8-9,12-13,16,20-21H,4-7,10-11,14H2,1-3H3. The van der Waals surface area contributed by atoms with E-state index in [1.54, 1.807) is 6.92 Å². The van der Waals surface area contributed by atoms with Crippen molar-refractivity contribution in [3.8, 4) is 0 Å². The van der Waals surface area contributed by atoms with E-state index in [1.807, 2.05) is 19.9 Å². The van der Waals surface area contributed by atoms with E-state index in [0.29, 0.717) is 12.6 Å². The molecule has 1 aromatic carbocycles. The van der Waals surface area contributed by atoms with Crippen molar-refractivity contribution in [1.29, 1.82) is 0 Å². The number of anilines is 2. The zero-order chi connectivity index (χ0) is 16.0. The van der Waals surface area contributed by atoms with Crippen LogP contribution in [-0.2, 0) is 4.79 Å². The summed E-state index contributed by atoms with van der Waals surface area (Å²) in [5.41, 5.74) is 1.92. The van der Waals surface area contributed by atoms with Crippen LogP contribution in [0.5, 0.6) is 0 Å². The maximum atomic E-state index is 11.7. The first-order chi connectivity index (χ1) is 10.5. The van der Waals surface area contributed by atoms with Crippen LogP contribution >= 0.6 is 0 Å². The van der Waals surface area contributed by atoms with Crippen molar-refractivity contribution in [1.82, 2.24) is 0 Å². The third kappa shape index (κ3) is 4.75. The smallest absolute Gasteiger partial charge is 0.137 e. The van der Waals surface area contributed by atoms with Gasteiger partial charge in [0.15, 0.2) is 0 Å². The summed E-state index contributed by atoms with van der Waals surface area (Å²) < 4.78 is 0. The molecule has 0 saturated heterocycles. The van der Waals surface area contributed by atoms with Gasteiger partial charge in [-0.1, -0.05) is 51.7 Å². The molecule has 1 aromatic rings. The minimum absolute atomic E-state index is 0.217. The quantitative estimate of drug-likeness (QED) is 0.738. The Hall–Kier alpha value is -1.51. The molecule has 3 heteroatoms. The van der Waals surface area contributed by atoms with Gasteiger partial charge in [0.25, 0.3) is 0 Å². The summed E-state index contributed by atoms with van der Waals surface area (Å²) in [6, 6.07) is 8.91. The molecule has 2 rings (SSSR count). The number of ketones is 1. The van der Waals surface area contributed by atoms with Crippen LogP contribution in [-0.4, -0.2) is 18.4 Å². The molecule has 1 aliphatic carbocycles. The highest BCUT2D eigenvalue weighted by molar-refractivity contribution is 5.82. The van der Waals surface area contributed by atoms with Crippen molar-refractivity contribution in [2.75, 3.05) is 17.2 Å². The van der Waals surface area contributed by atoms with Crippen LogP contribution in [0.25, 0.3) is 0 Å². The summed E-state index contributed by atoms with van der Waals surface area (Å²) in [7, 11) is 0. The van der Waals surface area contributed by atoms with Crippen molar-refractivity contribution in [2.45, 2.75) is 65.3 Å². The van der Waals surface area contributed by atoms with Crippen molar-refractivity contribution in [2.24, 2.45) is 5.41 Å². The monoisotopic (exact) mass is 302 g/mol. The number of carbonyl (C=O) groups excluding carboxylic acids is 1. The van der Waals surface area contributed by atoms with E-state index in [2.05, 4.69) is 28.8 Å². The second-order valence-corrected chi connectivity index (χ2v) is 7.17. The number of carbonyl (C=O) groups is 1. The Morgan fingerprint density at radius 3 is 2.27 bits per heavy atom. The van der Waals surface area contributed by atoms with Crippen molar-refractivity contribution >= 4 is 17.2 Å². The third-order valence-electron chi connectivity index (χ3n) is 4.82. The van der Waals surface area contributed by atoms with Gasteiger partial charge in [-0.25, -0.2) is 0 Å². The number of hydrogen-bond acceptors (Lipinski definition) is 3. The molecular weight excluding hydrogens is 272 g/mol. The summed E-state index contributed by atoms with van der Waals surface area (Å²) >= 11 is 0. The molecule has 0 aliphatic heterocycles. The van der Waals surface area contributed by atoms with Crippen LogP contribution < -0.4 is 10.6 Å². The topological polar surface area (TPSA) is 41.1 Å². The molecular formula is C19H30N2O. The molecule has 1 fully saturated rings. The van der Waals surface area contributed by atoms with Crippen molar-refractivity contribution in [3.05, 3.63) is 24.3 Å². The highest BCUT2D eigenvalue weighted by Gasteiger charge is 2.23. The predicted molar refractivity (Wildman–Crippen MR) is 94.5 cm³/mol. The first-order valence-electron chi connectivity index (χ1n) is 8.59. The lowest BCUT2D eigenvalue weighted by Gasteiger charge is -2.25. The summed E-state index contributed by atoms with van der Waals surface area (Å²) in [4.78, 5) is 11.7. The first-order valence-corrected chi connectivity index (χ1v) is 8.59. The summed E-state index contributed by atoms with van der Waals surface area (Å²) in [5, 5.41) is 7.16. The van der Waals surface area contributed by atoms with Gasteiger partial charge in [0.05, 0.1) is 11.4 Å². The number of hydrogen-bond donors (Lipinski definition) is 2. The number of Topliss-reactive ketones (excluding diaryl/α,β-unsaturated/α-hetero) is 1. The largest absolute Gasteiger partial charge is 0.382 e. The molecule has 122 valence electrons. The van der Waals surface area contributed by atoms with Gasteiger partial charge in [0.2, 0.25) is 0 Å². The van der Waals surface area contributed by atoms with E-state index in [1.165, 1.54) is 38.5 Å². The lowest BCUT2D eigenvalue weighted by molar-refractivity contribution is -0.124. The molecule has 0 unspecified atom stereocenters. The maximum Gasteiger partial charge on any atom is 0.137 e. The SMILES string of the molecule is CC(=O)C(C)(C)CNc1ccccc1NC1CCCCCC1. The molecule has 22 heavy (non-hydrogen) atoms. The maximum absolute atomic E-state index is 11.7. The Balaban J connectivity index is 2.01. The second-order valence-electron chi connectivity index (χ2n) is 7.17. The molecule has 0 bridgehead atoms. The fourth-order valence-electron chi connectivity index (χ4n) is 2.85. The molecule has 0 heterocycles. The number of nitrogens with one attached hydrogen (secondary N) is 2. The molecule has 0 radical (unpaired) electrons. The Bertz CT molecular complexity index is 488. The average Bonchev–Trinajstić information content (AvgIpc) is 2.75. The minimum Gasteiger partial charge on any atom is -0.382 e. The van der Waals surface area contributed by atoms with Gasteiger partial charge in [-0.3, -0.25) is 4.79 Å². The molecule has 1 saturated carbocycles. The van der Waals surface area contributed by atoms with Crippen LogP contribution in [0, 0.1) is 5.41 Å². The highest BCUT2D eigenvalue weighted by Crippen LogP contribution is 2.27. The first kappa shape index (κ1) is 16.9. The molecule has 0 amide bonds.